The molecule has 0 fully saturated rings. The van der Waals surface area contributed by atoms with Crippen LogP contribution >= 0.6 is 0 Å². The Morgan fingerprint density at radius 1 is 0.731 bits per heavy atom. The van der Waals surface area contributed by atoms with Crippen LogP contribution in [0.4, 0.5) is 37.7 Å². The van der Waals surface area contributed by atoms with Gasteiger partial charge in [-0.05, 0) is 24.3 Å². The van der Waals surface area contributed by atoms with Crippen LogP contribution in [0.1, 0.15) is 27.0 Å². The number of nitrogens with two attached hydrogens (primary N) is 2. The Kier molecular flexibility index (Phi) is 4.44. The van der Waals surface area contributed by atoms with Crippen molar-refractivity contribution in [3.63, 3.8) is 0 Å². The van der Waals surface area contributed by atoms with Crippen LogP contribution in [-0.2, 0) is 12.4 Å². The molecule has 6 N–H and O–H groups in total. The Balaban J connectivity index is 2.64. The highest BCUT2D eigenvalue weighted by Gasteiger charge is 2.37. The van der Waals surface area contributed by atoms with E-state index in [-0.39, 0.29) is 12.1 Å². The van der Waals surface area contributed by atoms with Gasteiger partial charge in [0.1, 0.15) is 11.5 Å². The number of phenols is 2. The molecule has 0 unspecified atom stereocenters. The van der Waals surface area contributed by atoms with Gasteiger partial charge in [-0.25, -0.2) is 0 Å². The van der Waals surface area contributed by atoms with Crippen molar-refractivity contribution in [2.75, 3.05) is 11.5 Å². The summed E-state index contributed by atoms with van der Waals surface area (Å²) in [6, 6.07) is 1.73. The van der Waals surface area contributed by atoms with Gasteiger partial charge >= 0.3 is 12.4 Å². The van der Waals surface area contributed by atoms with Gasteiger partial charge in [0.2, 0.25) is 0 Å². The number of phenolic OH excluding ortho intramolecular Hbond substituents is 2. The van der Waals surface area contributed by atoms with Crippen molar-refractivity contribution in [2.24, 2.45) is 0 Å². The van der Waals surface area contributed by atoms with Gasteiger partial charge in [-0.1, -0.05) is 0 Å². The van der Waals surface area contributed by atoms with E-state index >= 15 is 0 Å². The SMILES string of the molecule is Nc1c(O)cc(C(=O)c2cc(O)c(N)c(C(F)(F)F)c2)cc1C(F)(F)F. The van der Waals surface area contributed by atoms with Gasteiger partial charge in [0, 0.05) is 11.1 Å². The smallest absolute Gasteiger partial charge is 0.418 e. The zero-order valence-electron chi connectivity index (χ0n) is 12.5. The van der Waals surface area contributed by atoms with Gasteiger partial charge in [-0.3, -0.25) is 4.79 Å². The molecule has 140 valence electrons. The van der Waals surface area contributed by atoms with Crippen molar-refractivity contribution in [3.8, 4) is 11.5 Å². The van der Waals surface area contributed by atoms with E-state index in [4.69, 9.17) is 11.5 Å². The van der Waals surface area contributed by atoms with Gasteiger partial charge in [-0.15, -0.1) is 0 Å². The second-order valence-corrected chi connectivity index (χ2v) is 5.24. The van der Waals surface area contributed by atoms with E-state index in [2.05, 4.69) is 0 Å². The molecule has 0 bridgehead atoms. The minimum absolute atomic E-state index is 0.290. The van der Waals surface area contributed by atoms with Crippen LogP contribution in [0.25, 0.3) is 0 Å². The van der Waals surface area contributed by atoms with Gasteiger partial charge in [0.05, 0.1) is 22.5 Å². The van der Waals surface area contributed by atoms with Crippen molar-refractivity contribution in [2.45, 2.75) is 12.4 Å². The van der Waals surface area contributed by atoms with Crippen molar-refractivity contribution in [1.29, 1.82) is 0 Å². The molecule has 0 radical (unpaired) electrons. The third-order valence-corrected chi connectivity index (χ3v) is 3.45. The first-order valence-electron chi connectivity index (χ1n) is 6.67. The number of hydrogen-bond donors (Lipinski definition) is 4. The van der Waals surface area contributed by atoms with Gasteiger partial charge in [0.25, 0.3) is 0 Å². The fourth-order valence-corrected chi connectivity index (χ4v) is 2.17. The summed E-state index contributed by atoms with van der Waals surface area (Å²) in [5.41, 5.74) is 3.54. The number of carbonyl (C=O) groups is 1. The monoisotopic (exact) mass is 380 g/mol. The lowest BCUT2D eigenvalue weighted by Gasteiger charge is -2.15. The molecule has 26 heavy (non-hydrogen) atoms. The normalized spacial score (nSPS) is 12.2. The van der Waals surface area contributed by atoms with Crippen molar-refractivity contribution >= 4 is 17.2 Å². The summed E-state index contributed by atoms with van der Waals surface area (Å²) in [5.74, 6) is -3.45. The first-order chi connectivity index (χ1) is 11.7. The van der Waals surface area contributed by atoms with E-state index in [1.807, 2.05) is 0 Å². The molecule has 0 saturated heterocycles. The summed E-state index contributed by atoms with van der Waals surface area (Å²) < 4.78 is 77.4. The van der Waals surface area contributed by atoms with E-state index in [1.165, 1.54) is 0 Å². The number of ketones is 1. The van der Waals surface area contributed by atoms with Crippen LogP contribution < -0.4 is 11.5 Å². The Labute approximate surface area is 141 Å². The van der Waals surface area contributed by atoms with Crippen LogP contribution in [0.2, 0.25) is 0 Å². The Morgan fingerprint density at radius 3 is 1.31 bits per heavy atom. The summed E-state index contributed by atoms with van der Waals surface area (Å²) in [5, 5.41) is 19.0. The molecule has 0 amide bonds. The first kappa shape index (κ1) is 19.2. The van der Waals surface area contributed by atoms with Gasteiger partial charge in [0.15, 0.2) is 5.78 Å². The molecular weight excluding hydrogens is 370 g/mol. The zero-order chi connectivity index (χ0) is 20.0. The summed E-state index contributed by atoms with van der Waals surface area (Å²) in [6.45, 7) is 0. The van der Waals surface area contributed by atoms with E-state index in [9.17, 15) is 41.4 Å². The highest BCUT2D eigenvalue weighted by molar-refractivity contribution is 6.10. The third kappa shape index (κ3) is 3.46. The van der Waals surface area contributed by atoms with Crippen LogP contribution in [0.5, 0.6) is 11.5 Å². The maximum atomic E-state index is 12.9. The van der Waals surface area contributed by atoms with Crippen LogP contribution in [0.3, 0.4) is 0 Å². The Hall–Kier alpha value is -3.11. The van der Waals surface area contributed by atoms with E-state index < -0.39 is 63.3 Å². The average Bonchev–Trinajstić information content (AvgIpc) is 2.49. The molecule has 0 heterocycles. The minimum atomic E-state index is -5.02. The van der Waals surface area contributed by atoms with E-state index in [0.717, 1.165) is 0 Å². The predicted octanol–water partition coefficient (Wildman–Crippen LogP) is 3.53. The fraction of sp³-hybridized carbons (Fsp3) is 0.133. The highest BCUT2D eigenvalue weighted by Crippen LogP contribution is 2.41. The quantitative estimate of drug-likeness (QED) is 0.276. The molecule has 2 aromatic carbocycles. The number of alkyl halides is 6. The summed E-state index contributed by atoms with van der Waals surface area (Å²) in [7, 11) is 0. The van der Waals surface area contributed by atoms with Crippen molar-refractivity contribution in [1.82, 2.24) is 0 Å². The van der Waals surface area contributed by atoms with Crippen LogP contribution in [0, 0.1) is 0 Å². The number of hydrogen-bond acceptors (Lipinski definition) is 5. The van der Waals surface area contributed by atoms with E-state index in [1.54, 1.807) is 0 Å². The number of carbonyl (C=O) groups excluding carboxylic acids is 1. The number of benzene rings is 2. The topological polar surface area (TPSA) is 110 Å². The predicted molar refractivity (Wildman–Crippen MR) is 78.5 cm³/mol. The summed E-state index contributed by atoms with van der Waals surface area (Å²) >= 11 is 0. The highest BCUT2D eigenvalue weighted by atomic mass is 19.4. The molecule has 0 aromatic heterocycles. The molecular formula is C15H10F6N2O3. The molecule has 5 nitrogen and oxygen atoms in total. The van der Waals surface area contributed by atoms with Crippen molar-refractivity contribution < 1.29 is 41.4 Å². The number of rotatable bonds is 2. The molecule has 0 aliphatic rings. The summed E-state index contributed by atoms with van der Waals surface area (Å²) in [4.78, 5) is 12.3. The zero-order valence-corrected chi connectivity index (χ0v) is 12.5. The van der Waals surface area contributed by atoms with Gasteiger partial charge < -0.3 is 21.7 Å². The second kappa shape index (κ2) is 6.00. The fourth-order valence-electron chi connectivity index (χ4n) is 2.17. The van der Waals surface area contributed by atoms with E-state index in [0.29, 0.717) is 12.1 Å². The molecule has 2 rings (SSSR count). The molecule has 0 aliphatic carbocycles. The number of anilines is 2. The molecule has 0 saturated carbocycles. The minimum Gasteiger partial charge on any atom is -0.506 e. The molecule has 0 spiro atoms. The first-order valence-corrected chi connectivity index (χ1v) is 6.67. The average molecular weight is 380 g/mol. The van der Waals surface area contributed by atoms with Crippen LogP contribution in [-0.4, -0.2) is 16.0 Å². The van der Waals surface area contributed by atoms with Gasteiger partial charge in [-0.2, -0.15) is 26.3 Å². The second-order valence-electron chi connectivity index (χ2n) is 5.24. The lowest BCUT2D eigenvalue weighted by atomic mass is 9.97. The molecule has 11 heteroatoms. The standard InChI is InChI=1S/C15H10F6N2O3/c16-14(17,18)7-1-5(3-9(24)11(7)22)13(26)6-2-8(15(19,20)21)12(23)10(25)4-6/h1-4,24-25H,22-23H2. The lowest BCUT2D eigenvalue weighted by Crippen LogP contribution is -2.14. The number of aromatic hydroxyl groups is 2. The molecule has 2 aromatic rings. The summed E-state index contributed by atoms with van der Waals surface area (Å²) in [6.07, 6.45) is -10.0. The largest absolute Gasteiger partial charge is 0.506 e. The maximum absolute atomic E-state index is 12.9. The third-order valence-electron chi connectivity index (χ3n) is 3.45. The van der Waals surface area contributed by atoms with Crippen LogP contribution in [0.15, 0.2) is 24.3 Å². The maximum Gasteiger partial charge on any atom is 0.418 e. The Morgan fingerprint density at radius 2 is 1.04 bits per heavy atom. The molecule has 0 aliphatic heterocycles. The molecule has 0 atom stereocenters. The number of nitrogen functional groups attached to an aromatic ring is 2. The Bertz CT molecular complexity index is 819. The number of halogens is 6. The van der Waals surface area contributed by atoms with Crippen molar-refractivity contribution in [3.05, 3.63) is 46.5 Å². The lowest BCUT2D eigenvalue weighted by molar-refractivity contribution is -0.137.